The third kappa shape index (κ3) is 2.83. The van der Waals surface area contributed by atoms with E-state index >= 15 is 0 Å². The lowest BCUT2D eigenvalue weighted by molar-refractivity contribution is 1.26. The van der Waals surface area contributed by atoms with E-state index in [1.807, 2.05) is 37.3 Å². The Balaban J connectivity index is 2.28. The summed E-state index contributed by atoms with van der Waals surface area (Å²) in [5.41, 5.74) is 3.40. The molecule has 0 unspecified atom stereocenters. The van der Waals surface area contributed by atoms with E-state index in [0.29, 0.717) is 5.69 Å². The molecule has 3 nitrogen and oxygen atoms in total. The maximum atomic E-state index is 8.77. The molecule has 0 radical (unpaired) electrons. The number of benzene rings is 1. The van der Waals surface area contributed by atoms with E-state index in [0.717, 1.165) is 15.8 Å². The van der Waals surface area contributed by atoms with Crippen molar-refractivity contribution in [2.75, 3.05) is 5.32 Å². The fraction of sp³-hybridized carbons (Fsp3) is 0.0769. The Morgan fingerprint density at radius 3 is 2.82 bits per heavy atom. The minimum absolute atomic E-state index is 0.401. The number of nitriles is 1. The maximum absolute atomic E-state index is 8.77. The van der Waals surface area contributed by atoms with E-state index in [-0.39, 0.29) is 0 Å². The first-order chi connectivity index (χ1) is 8.19. The summed E-state index contributed by atoms with van der Waals surface area (Å²) in [5.74, 6) is 0. The van der Waals surface area contributed by atoms with Gasteiger partial charge < -0.3 is 5.32 Å². The van der Waals surface area contributed by atoms with Crippen molar-refractivity contribution in [3.8, 4) is 6.07 Å². The van der Waals surface area contributed by atoms with E-state index in [2.05, 4.69) is 26.2 Å². The molecule has 4 heteroatoms. The quantitative estimate of drug-likeness (QED) is 0.915. The van der Waals surface area contributed by atoms with Gasteiger partial charge in [0.15, 0.2) is 0 Å². The van der Waals surface area contributed by atoms with Crippen LogP contribution >= 0.6 is 15.9 Å². The highest BCUT2D eigenvalue weighted by molar-refractivity contribution is 9.10. The van der Waals surface area contributed by atoms with Gasteiger partial charge in [0.1, 0.15) is 11.8 Å². The number of nitrogens with zero attached hydrogens (tertiary/aromatic N) is 2. The minimum atomic E-state index is 0.401. The highest BCUT2D eigenvalue weighted by Crippen LogP contribution is 2.26. The normalized spacial score (nSPS) is 9.71. The monoisotopic (exact) mass is 287 g/mol. The average Bonchev–Trinajstić information content (AvgIpc) is 2.33. The van der Waals surface area contributed by atoms with Crippen molar-refractivity contribution >= 4 is 27.3 Å². The Kier molecular flexibility index (Phi) is 3.40. The maximum Gasteiger partial charge on any atom is 0.142 e. The molecule has 1 N–H and O–H groups in total. The lowest BCUT2D eigenvalue weighted by Gasteiger charge is -2.09. The summed E-state index contributed by atoms with van der Waals surface area (Å²) in [6.07, 6.45) is 1.61. The molecule has 84 valence electrons. The molecule has 0 saturated carbocycles. The highest BCUT2D eigenvalue weighted by atomic mass is 79.9. The van der Waals surface area contributed by atoms with Gasteiger partial charge in [-0.05, 0) is 52.7 Å². The smallest absolute Gasteiger partial charge is 0.142 e. The zero-order chi connectivity index (χ0) is 12.3. The zero-order valence-electron chi connectivity index (χ0n) is 9.24. The first-order valence-corrected chi connectivity index (χ1v) is 5.87. The molecule has 1 aromatic heterocycles. The van der Waals surface area contributed by atoms with Crippen LogP contribution in [0.15, 0.2) is 41.0 Å². The molecule has 0 spiro atoms. The van der Waals surface area contributed by atoms with Gasteiger partial charge >= 0.3 is 0 Å². The molecule has 17 heavy (non-hydrogen) atoms. The van der Waals surface area contributed by atoms with Crippen LogP contribution in [0.4, 0.5) is 11.4 Å². The lowest BCUT2D eigenvalue weighted by atomic mass is 10.2. The average molecular weight is 288 g/mol. The second-order valence-electron chi connectivity index (χ2n) is 3.65. The van der Waals surface area contributed by atoms with Gasteiger partial charge in [-0.15, -0.1) is 0 Å². The third-order valence-electron chi connectivity index (χ3n) is 2.28. The van der Waals surface area contributed by atoms with E-state index in [9.17, 15) is 0 Å². The van der Waals surface area contributed by atoms with Gasteiger partial charge in [0, 0.05) is 16.4 Å². The predicted octanol–water partition coefficient (Wildman–Crippen LogP) is 3.77. The number of hydrogen-bond acceptors (Lipinski definition) is 3. The van der Waals surface area contributed by atoms with Crippen molar-refractivity contribution in [3.63, 3.8) is 0 Å². The Morgan fingerprint density at radius 2 is 2.12 bits per heavy atom. The summed E-state index contributed by atoms with van der Waals surface area (Å²) in [6, 6.07) is 11.6. The van der Waals surface area contributed by atoms with Crippen molar-refractivity contribution in [1.29, 1.82) is 5.26 Å². The van der Waals surface area contributed by atoms with Crippen LogP contribution in [-0.2, 0) is 0 Å². The highest BCUT2D eigenvalue weighted by Gasteiger charge is 2.01. The molecule has 0 fully saturated rings. The number of rotatable bonds is 2. The summed E-state index contributed by atoms with van der Waals surface area (Å²) in [7, 11) is 0. The number of aromatic nitrogens is 1. The summed E-state index contributed by atoms with van der Waals surface area (Å²) >= 11 is 3.50. The number of hydrogen-bond donors (Lipinski definition) is 1. The van der Waals surface area contributed by atoms with Gasteiger partial charge in [-0.2, -0.15) is 5.26 Å². The van der Waals surface area contributed by atoms with E-state index in [1.165, 1.54) is 5.56 Å². The van der Waals surface area contributed by atoms with Crippen LogP contribution in [0.5, 0.6) is 0 Å². The molecule has 2 rings (SSSR count). The summed E-state index contributed by atoms with van der Waals surface area (Å²) in [6.45, 7) is 2.04. The molecular formula is C13H10BrN3. The van der Waals surface area contributed by atoms with Gasteiger partial charge in [0.25, 0.3) is 0 Å². The summed E-state index contributed by atoms with van der Waals surface area (Å²) in [4.78, 5) is 3.92. The Hall–Kier alpha value is -1.86. The molecule has 2 aromatic rings. The molecule has 0 aliphatic rings. The van der Waals surface area contributed by atoms with E-state index < -0.39 is 0 Å². The van der Waals surface area contributed by atoms with Crippen LogP contribution in [-0.4, -0.2) is 4.98 Å². The second-order valence-corrected chi connectivity index (χ2v) is 4.50. The summed E-state index contributed by atoms with van der Waals surface area (Å²) < 4.78 is 0.993. The summed E-state index contributed by atoms with van der Waals surface area (Å²) in [5, 5.41) is 12.0. The molecule has 0 atom stereocenters. The number of anilines is 2. The minimum Gasteiger partial charge on any atom is -0.354 e. The van der Waals surface area contributed by atoms with Crippen molar-refractivity contribution in [1.82, 2.24) is 4.98 Å². The second kappa shape index (κ2) is 4.98. The molecule has 0 aliphatic carbocycles. The molecule has 0 amide bonds. The van der Waals surface area contributed by atoms with E-state index in [4.69, 9.17) is 5.26 Å². The fourth-order valence-electron chi connectivity index (χ4n) is 1.45. The molecular weight excluding hydrogens is 278 g/mol. The molecule has 0 aliphatic heterocycles. The van der Waals surface area contributed by atoms with Gasteiger partial charge in [0.2, 0.25) is 0 Å². The lowest BCUT2D eigenvalue weighted by Crippen LogP contribution is -1.93. The standard InChI is InChI=1S/C13H10BrN3/c1-9-2-3-13(12(14)6-9)17-10-4-5-16-11(7-10)8-15/h2-7H,1H3,(H,16,17). The van der Waals surface area contributed by atoms with Crippen LogP contribution in [0.1, 0.15) is 11.3 Å². The largest absolute Gasteiger partial charge is 0.354 e. The van der Waals surface area contributed by atoms with Gasteiger partial charge in [-0.3, -0.25) is 0 Å². The topological polar surface area (TPSA) is 48.7 Å². The van der Waals surface area contributed by atoms with Crippen LogP contribution in [0.2, 0.25) is 0 Å². The fourth-order valence-corrected chi connectivity index (χ4v) is 2.04. The van der Waals surface area contributed by atoms with E-state index in [1.54, 1.807) is 12.3 Å². The molecule has 0 saturated heterocycles. The van der Waals surface area contributed by atoms with Crippen LogP contribution < -0.4 is 5.32 Å². The van der Waals surface area contributed by atoms with Crippen molar-refractivity contribution in [2.24, 2.45) is 0 Å². The molecule has 0 bridgehead atoms. The van der Waals surface area contributed by atoms with Gasteiger partial charge in [-0.1, -0.05) is 6.07 Å². The van der Waals surface area contributed by atoms with Crippen molar-refractivity contribution in [2.45, 2.75) is 6.92 Å². The Labute approximate surface area is 108 Å². The first kappa shape index (κ1) is 11.6. The van der Waals surface area contributed by atoms with Crippen LogP contribution in [0.3, 0.4) is 0 Å². The van der Waals surface area contributed by atoms with Crippen molar-refractivity contribution in [3.05, 3.63) is 52.3 Å². The Morgan fingerprint density at radius 1 is 1.29 bits per heavy atom. The third-order valence-corrected chi connectivity index (χ3v) is 2.93. The molecule has 1 aromatic carbocycles. The first-order valence-electron chi connectivity index (χ1n) is 5.08. The number of aryl methyl sites for hydroxylation is 1. The zero-order valence-corrected chi connectivity index (χ0v) is 10.8. The number of nitrogens with one attached hydrogen (secondary N) is 1. The van der Waals surface area contributed by atoms with Gasteiger partial charge in [-0.25, -0.2) is 4.98 Å². The number of pyridine rings is 1. The van der Waals surface area contributed by atoms with Crippen molar-refractivity contribution < 1.29 is 0 Å². The number of halogens is 1. The SMILES string of the molecule is Cc1ccc(Nc2ccnc(C#N)c2)c(Br)c1. The molecule has 1 heterocycles. The Bertz CT molecular complexity index is 587. The van der Waals surface area contributed by atoms with Crippen LogP contribution in [0, 0.1) is 18.3 Å². The predicted molar refractivity (Wildman–Crippen MR) is 71.1 cm³/mol. The van der Waals surface area contributed by atoms with Gasteiger partial charge in [0.05, 0.1) is 5.69 Å². The van der Waals surface area contributed by atoms with Crippen LogP contribution in [0.25, 0.3) is 0 Å².